The molecule has 0 fully saturated rings. The molecule has 0 radical (unpaired) electrons. The van der Waals surface area contributed by atoms with Crippen LogP contribution in [0.1, 0.15) is 120 Å². The van der Waals surface area contributed by atoms with E-state index in [4.69, 9.17) is 10.2 Å². The Labute approximate surface area is 306 Å². The number of urea groups is 2. The van der Waals surface area contributed by atoms with E-state index in [9.17, 15) is 28.8 Å². The molecule has 2 rings (SSSR count). The molecule has 0 unspecified atom stereocenters. The fourth-order valence-electron chi connectivity index (χ4n) is 5.13. The summed E-state index contributed by atoms with van der Waals surface area (Å²) in [5.74, 6) is 0.0949. The van der Waals surface area contributed by atoms with Crippen LogP contribution in [0.2, 0.25) is 0 Å². The number of unbranched alkanes of at least 4 members (excludes halogenated alkanes) is 1. The molecule has 2 aromatic heterocycles. The van der Waals surface area contributed by atoms with Crippen LogP contribution in [0.25, 0.3) is 0 Å². The summed E-state index contributed by atoms with van der Waals surface area (Å²) in [6.07, 6.45) is 1.10. The number of aromatic nitrogens is 4. The first kappa shape index (κ1) is 49.0. The Kier molecular flexibility index (Phi) is 20.6. The first-order valence-corrected chi connectivity index (χ1v) is 17.0. The van der Waals surface area contributed by atoms with Gasteiger partial charge in [-0.15, -0.1) is 0 Å². The van der Waals surface area contributed by atoms with Gasteiger partial charge in [-0.3, -0.25) is 30.2 Å². The first-order valence-electron chi connectivity index (χ1n) is 17.0. The van der Waals surface area contributed by atoms with E-state index in [-0.39, 0.29) is 23.0 Å². The predicted molar refractivity (Wildman–Crippen MR) is 203 cm³/mol. The van der Waals surface area contributed by atoms with Crippen molar-refractivity contribution in [2.24, 2.45) is 0 Å². The SMILES string of the molecule is CC.CCCC.Cc1cc(=O)[nH]c(NC(=O)NC(C)(C)CC(C)(C)NC(=O)O)n1.Cc1cc(=O)[nH]c(NC(=O)NC(C)(C)CC(C)(C)NC(=O)O)n1. The van der Waals surface area contributed by atoms with Gasteiger partial charge in [-0.25, -0.2) is 29.1 Å². The minimum Gasteiger partial charge on any atom is -0.465 e. The smallest absolute Gasteiger partial charge is 0.405 e. The first-order chi connectivity index (χ1) is 23.7. The molecule has 0 saturated heterocycles. The molecule has 2 aromatic rings. The van der Waals surface area contributed by atoms with Crippen LogP contribution in [0.4, 0.5) is 31.1 Å². The maximum atomic E-state index is 12.0. The molecule has 0 aliphatic carbocycles. The van der Waals surface area contributed by atoms with E-state index in [1.165, 1.54) is 25.0 Å². The molecule has 0 aromatic carbocycles. The van der Waals surface area contributed by atoms with Crippen LogP contribution in [-0.2, 0) is 0 Å². The van der Waals surface area contributed by atoms with Crippen molar-refractivity contribution >= 4 is 36.1 Å². The van der Waals surface area contributed by atoms with Crippen LogP contribution in [0.15, 0.2) is 21.7 Å². The number of hydrogen-bond acceptors (Lipinski definition) is 8. The Morgan fingerprint density at radius 3 is 1.10 bits per heavy atom. The van der Waals surface area contributed by atoms with Crippen LogP contribution in [0.5, 0.6) is 0 Å². The van der Waals surface area contributed by atoms with Crippen molar-refractivity contribution in [3.8, 4) is 0 Å². The molecule has 0 atom stereocenters. The highest BCUT2D eigenvalue weighted by Gasteiger charge is 2.32. The summed E-state index contributed by atoms with van der Waals surface area (Å²) >= 11 is 0. The van der Waals surface area contributed by atoms with Crippen molar-refractivity contribution in [1.29, 1.82) is 0 Å². The zero-order chi connectivity index (χ0) is 41.1. The van der Waals surface area contributed by atoms with Gasteiger partial charge < -0.3 is 31.5 Å². The fraction of sp³-hybridized carbons (Fsp3) is 0.647. The van der Waals surface area contributed by atoms with E-state index in [1.807, 2.05) is 13.8 Å². The molecule has 0 bridgehead atoms. The van der Waals surface area contributed by atoms with Crippen molar-refractivity contribution in [3.05, 3.63) is 44.2 Å². The minimum atomic E-state index is -1.13. The summed E-state index contributed by atoms with van der Waals surface area (Å²) in [6, 6.07) is 1.53. The van der Waals surface area contributed by atoms with Gasteiger partial charge in [0.05, 0.1) is 0 Å². The number of carbonyl (C=O) groups is 4. The molecule has 10 N–H and O–H groups in total. The second-order valence-electron chi connectivity index (χ2n) is 14.4. The zero-order valence-electron chi connectivity index (χ0n) is 33.2. The van der Waals surface area contributed by atoms with Crippen LogP contribution < -0.4 is 43.0 Å². The van der Waals surface area contributed by atoms with Crippen molar-refractivity contribution in [1.82, 2.24) is 41.2 Å². The number of aryl methyl sites for hydroxylation is 2. The third-order valence-corrected chi connectivity index (χ3v) is 6.27. The van der Waals surface area contributed by atoms with E-state index in [2.05, 4.69) is 65.7 Å². The molecule has 18 heteroatoms. The van der Waals surface area contributed by atoms with E-state index < -0.39 is 46.4 Å². The highest BCUT2D eigenvalue weighted by molar-refractivity contribution is 5.88. The van der Waals surface area contributed by atoms with Crippen molar-refractivity contribution in [2.75, 3.05) is 10.6 Å². The fourth-order valence-corrected chi connectivity index (χ4v) is 5.13. The lowest BCUT2D eigenvalue weighted by molar-refractivity contribution is 0.171. The number of H-pyrrole nitrogens is 2. The van der Waals surface area contributed by atoms with Gasteiger partial charge in [0.15, 0.2) is 0 Å². The molecule has 2 heterocycles. The third kappa shape index (κ3) is 24.1. The highest BCUT2D eigenvalue weighted by Crippen LogP contribution is 2.21. The molecule has 0 aliphatic heterocycles. The van der Waals surface area contributed by atoms with Gasteiger partial charge in [0.25, 0.3) is 11.1 Å². The highest BCUT2D eigenvalue weighted by atomic mass is 16.4. The Bertz CT molecular complexity index is 1450. The Hall–Kier alpha value is -5.16. The van der Waals surface area contributed by atoms with Crippen LogP contribution in [0, 0.1) is 13.8 Å². The number of amides is 6. The molecule has 296 valence electrons. The average molecular weight is 739 g/mol. The number of nitrogens with zero attached hydrogens (tertiary/aromatic N) is 2. The predicted octanol–water partition coefficient (Wildman–Crippen LogP) is 5.66. The lowest BCUT2D eigenvalue weighted by Crippen LogP contribution is -2.54. The number of anilines is 2. The molecule has 0 saturated carbocycles. The van der Waals surface area contributed by atoms with E-state index in [1.54, 1.807) is 69.2 Å². The summed E-state index contributed by atoms with van der Waals surface area (Å²) in [4.78, 5) is 81.1. The van der Waals surface area contributed by atoms with Gasteiger partial charge in [0.1, 0.15) is 0 Å². The van der Waals surface area contributed by atoms with Crippen LogP contribution >= 0.6 is 0 Å². The van der Waals surface area contributed by atoms with Gasteiger partial charge in [-0.1, -0.05) is 40.5 Å². The Morgan fingerprint density at radius 1 is 0.596 bits per heavy atom. The lowest BCUT2D eigenvalue weighted by atomic mass is 9.87. The van der Waals surface area contributed by atoms with Gasteiger partial charge >= 0.3 is 24.2 Å². The number of aromatic amines is 2. The molecule has 0 aliphatic rings. The molecular formula is C34H62N10O8. The van der Waals surface area contributed by atoms with Gasteiger partial charge in [0.2, 0.25) is 11.9 Å². The maximum absolute atomic E-state index is 12.0. The molecule has 6 amide bonds. The number of nitrogens with one attached hydrogen (secondary N) is 8. The summed E-state index contributed by atoms with van der Waals surface area (Å²) in [5, 5.41) is 32.8. The Balaban J connectivity index is 0. The van der Waals surface area contributed by atoms with E-state index in [0.29, 0.717) is 24.2 Å². The summed E-state index contributed by atoms with van der Waals surface area (Å²) in [7, 11) is 0. The third-order valence-electron chi connectivity index (χ3n) is 6.27. The maximum Gasteiger partial charge on any atom is 0.405 e. The minimum absolute atomic E-state index is 0.0474. The summed E-state index contributed by atoms with van der Waals surface area (Å²) in [6.45, 7) is 25.6. The van der Waals surface area contributed by atoms with E-state index in [0.717, 1.165) is 0 Å². The molecule has 0 spiro atoms. The normalized spacial score (nSPS) is 11.0. The van der Waals surface area contributed by atoms with Crippen molar-refractivity contribution in [2.45, 2.75) is 145 Å². The number of carbonyl (C=O) groups excluding carboxylic acids is 2. The second kappa shape index (κ2) is 21.9. The largest absolute Gasteiger partial charge is 0.465 e. The van der Waals surface area contributed by atoms with Crippen LogP contribution in [0.3, 0.4) is 0 Å². The number of rotatable bonds is 11. The lowest BCUT2D eigenvalue weighted by Gasteiger charge is -2.35. The monoisotopic (exact) mass is 738 g/mol. The molecule has 18 nitrogen and oxygen atoms in total. The molecular weight excluding hydrogens is 676 g/mol. The molecule has 52 heavy (non-hydrogen) atoms. The topological polar surface area (TPSA) is 272 Å². The van der Waals surface area contributed by atoms with Gasteiger partial charge in [-0.05, 0) is 82.1 Å². The van der Waals surface area contributed by atoms with E-state index >= 15 is 0 Å². The van der Waals surface area contributed by atoms with Crippen LogP contribution in [-0.4, -0.2) is 76.6 Å². The van der Waals surface area contributed by atoms with Gasteiger partial charge in [-0.2, -0.15) is 0 Å². The Morgan fingerprint density at radius 2 is 0.865 bits per heavy atom. The zero-order valence-corrected chi connectivity index (χ0v) is 33.2. The average Bonchev–Trinajstić information content (AvgIpc) is 2.89. The standard InChI is InChI=1S/2C14H23N5O4.C4H10.C2H6/c2*1-8-6-9(20)16-10(15-8)17-11(21)18-13(2,3)7-14(4,5)19-12(22)23;1-3-4-2;1-2/h2*6,19H,7H2,1-5H3,(H,22,23)(H3,15,16,17,18,20,21);3-4H2,1-2H3;1-2H3. The van der Waals surface area contributed by atoms with Gasteiger partial charge in [0, 0.05) is 45.7 Å². The van der Waals surface area contributed by atoms with Crippen molar-refractivity contribution < 1.29 is 29.4 Å². The quantitative estimate of drug-likeness (QED) is 0.135. The summed E-state index contributed by atoms with van der Waals surface area (Å²) in [5.41, 5.74) is -2.60. The summed E-state index contributed by atoms with van der Waals surface area (Å²) < 4.78 is 0. The number of carboxylic acid groups (broad SMARTS) is 2. The number of hydrogen-bond donors (Lipinski definition) is 10. The second-order valence-corrected chi connectivity index (χ2v) is 14.4. The van der Waals surface area contributed by atoms with Crippen molar-refractivity contribution in [3.63, 3.8) is 0 Å².